The molecule has 1 aromatic carbocycles. The normalized spacial score (nSPS) is 10.0. The van der Waals surface area contributed by atoms with E-state index in [1.54, 1.807) is 17.9 Å². The fourth-order valence-corrected chi connectivity index (χ4v) is 2.05. The number of benzene rings is 1. The topological polar surface area (TPSA) is 59.0 Å². The Labute approximate surface area is 124 Å². The molecule has 0 aliphatic carbocycles. The molecule has 0 atom stereocenters. The number of carbonyl (C=O) groups excluding carboxylic acids is 1. The van der Waals surface area contributed by atoms with Crippen molar-refractivity contribution >= 4 is 44.9 Å². The van der Waals surface area contributed by atoms with Gasteiger partial charge in [-0.05, 0) is 30.4 Å². The lowest BCUT2D eigenvalue weighted by atomic mass is 10.3. The van der Waals surface area contributed by atoms with Gasteiger partial charge in [-0.25, -0.2) is 0 Å². The van der Waals surface area contributed by atoms with E-state index in [-0.39, 0.29) is 11.0 Å². The highest BCUT2D eigenvalue weighted by Gasteiger charge is 2.09. The molecule has 1 heterocycles. The molecule has 0 fully saturated rings. The molecule has 7 heteroatoms. The van der Waals surface area contributed by atoms with Crippen LogP contribution < -0.4 is 10.6 Å². The smallest absolute Gasteiger partial charge is 0.260 e. The maximum absolute atomic E-state index is 11.8. The first-order valence-electron chi connectivity index (χ1n) is 5.41. The zero-order valence-electron chi connectivity index (χ0n) is 10.1. The Morgan fingerprint density at radius 2 is 2.26 bits per heavy atom. The SMILES string of the molecule is Cn1cc(C(=O)NC(=S)Nc2cccc(Br)c2)cn1. The minimum atomic E-state index is -0.291. The summed E-state index contributed by atoms with van der Waals surface area (Å²) in [7, 11) is 1.74. The first kappa shape index (κ1) is 13.7. The van der Waals surface area contributed by atoms with E-state index in [9.17, 15) is 4.79 Å². The van der Waals surface area contributed by atoms with Gasteiger partial charge >= 0.3 is 0 Å². The van der Waals surface area contributed by atoms with Gasteiger partial charge in [0.2, 0.25) is 0 Å². The summed E-state index contributed by atoms with van der Waals surface area (Å²) in [4.78, 5) is 11.8. The Hall–Kier alpha value is -1.73. The molecule has 0 saturated carbocycles. The summed E-state index contributed by atoms with van der Waals surface area (Å²) < 4.78 is 2.48. The maximum atomic E-state index is 11.8. The third-order valence-electron chi connectivity index (χ3n) is 2.28. The van der Waals surface area contributed by atoms with E-state index in [0.717, 1.165) is 10.2 Å². The second-order valence-electron chi connectivity index (χ2n) is 3.82. The first-order valence-corrected chi connectivity index (χ1v) is 6.61. The van der Waals surface area contributed by atoms with Crippen LogP contribution in [0, 0.1) is 0 Å². The quantitative estimate of drug-likeness (QED) is 0.825. The number of rotatable bonds is 2. The Morgan fingerprint density at radius 1 is 1.47 bits per heavy atom. The summed E-state index contributed by atoms with van der Waals surface area (Å²) in [6.07, 6.45) is 3.11. The van der Waals surface area contributed by atoms with Crippen molar-refractivity contribution in [3.05, 3.63) is 46.7 Å². The van der Waals surface area contributed by atoms with Gasteiger partial charge in [0, 0.05) is 23.4 Å². The maximum Gasteiger partial charge on any atom is 0.260 e. The molecule has 98 valence electrons. The van der Waals surface area contributed by atoms with Gasteiger partial charge in [-0.1, -0.05) is 22.0 Å². The van der Waals surface area contributed by atoms with Gasteiger partial charge in [0.15, 0.2) is 5.11 Å². The van der Waals surface area contributed by atoms with Gasteiger partial charge in [-0.15, -0.1) is 0 Å². The van der Waals surface area contributed by atoms with Crippen LogP contribution in [0.25, 0.3) is 0 Å². The molecule has 0 unspecified atom stereocenters. The zero-order chi connectivity index (χ0) is 13.8. The van der Waals surface area contributed by atoms with Crippen molar-refractivity contribution in [1.29, 1.82) is 0 Å². The van der Waals surface area contributed by atoms with Crippen LogP contribution in [-0.4, -0.2) is 20.8 Å². The number of nitrogens with one attached hydrogen (secondary N) is 2. The van der Waals surface area contributed by atoms with Crippen LogP contribution in [0.1, 0.15) is 10.4 Å². The number of thiocarbonyl (C=S) groups is 1. The van der Waals surface area contributed by atoms with Crippen molar-refractivity contribution in [3.63, 3.8) is 0 Å². The van der Waals surface area contributed by atoms with Gasteiger partial charge < -0.3 is 5.32 Å². The number of anilines is 1. The second kappa shape index (κ2) is 5.94. The summed E-state index contributed by atoms with van der Waals surface area (Å²) in [6, 6.07) is 7.50. The monoisotopic (exact) mass is 338 g/mol. The Balaban J connectivity index is 1.96. The van der Waals surface area contributed by atoms with Crippen LogP contribution in [0.2, 0.25) is 0 Å². The molecule has 1 aromatic heterocycles. The number of aromatic nitrogens is 2. The molecule has 0 aliphatic heterocycles. The average Bonchev–Trinajstić information content (AvgIpc) is 2.75. The summed E-state index contributed by atoms with van der Waals surface area (Å²) in [5.41, 5.74) is 1.26. The highest BCUT2D eigenvalue weighted by molar-refractivity contribution is 9.10. The van der Waals surface area contributed by atoms with Crippen molar-refractivity contribution in [2.45, 2.75) is 0 Å². The minimum Gasteiger partial charge on any atom is -0.332 e. The molecule has 0 aliphatic rings. The molecule has 0 radical (unpaired) electrons. The van der Waals surface area contributed by atoms with E-state index in [2.05, 4.69) is 31.7 Å². The molecular formula is C12H11BrN4OS. The molecule has 19 heavy (non-hydrogen) atoms. The van der Waals surface area contributed by atoms with Crippen LogP contribution in [0.3, 0.4) is 0 Å². The summed E-state index contributed by atoms with van der Waals surface area (Å²) >= 11 is 8.44. The van der Waals surface area contributed by atoms with Gasteiger partial charge in [0.25, 0.3) is 5.91 Å². The third kappa shape index (κ3) is 3.87. The van der Waals surface area contributed by atoms with E-state index in [4.69, 9.17) is 12.2 Å². The average molecular weight is 339 g/mol. The van der Waals surface area contributed by atoms with Crippen molar-refractivity contribution in [2.75, 3.05) is 5.32 Å². The highest BCUT2D eigenvalue weighted by atomic mass is 79.9. The third-order valence-corrected chi connectivity index (χ3v) is 2.97. The van der Waals surface area contributed by atoms with Crippen LogP contribution in [0.4, 0.5) is 5.69 Å². The van der Waals surface area contributed by atoms with Gasteiger partial charge in [-0.2, -0.15) is 5.10 Å². The van der Waals surface area contributed by atoms with E-state index in [0.29, 0.717) is 5.56 Å². The number of aryl methyl sites for hydroxylation is 1. The van der Waals surface area contributed by atoms with Crippen LogP contribution >= 0.6 is 28.1 Å². The number of hydrogen-bond acceptors (Lipinski definition) is 3. The van der Waals surface area contributed by atoms with Gasteiger partial charge in [0.05, 0.1) is 11.8 Å². The molecule has 0 bridgehead atoms. The van der Waals surface area contributed by atoms with Crippen LogP contribution in [-0.2, 0) is 7.05 Å². The fraction of sp³-hybridized carbons (Fsp3) is 0.0833. The Morgan fingerprint density at radius 3 is 2.89 bits per heavy atom. The molecule has 2 rings (SSSR count). The van der Waals surface area contributed by atoms with Crippen molar-refractivity contribution in [2.24, 2.45) is 7.05 Å². The van der Waals surface area contributed by atoms with E-state index < -0.39 is 0 Å². The van der Waals surface area contributed by atoms with E-state index in [1.807, 2.05) is 24.3 Å². The van der Waals surface area contributed by atoms with Crippen LogP contribution in [0.5, 0.6) is 0 Å². The predicted octanol–water partition coefficient (Wildman–Crippen LogP) is 2.31. The van der Waals surface area contributed by atoms with Gasteiger partial charge in [-0.3, -0.25) is 14.8 Å². The number of halogens is 1. The number of nitrogens with zero attached hydrogens (tertiary/aromatic N) is 2. The first-order chi connectivity index (χ1) is 9.04. The van der Waals surface area contributed by atoms with E-state index >= 15 is 0 Å². The number of carbonyl (C=O) groups is 1. The second-order valence-corrected chi connectivity index (χ2v) is 5.15. The summed E-state index contributed by atoms with van der Waals surface area (Å²) in [6.45, 7) is 0. The molecule has 1 amide bonds. The summed E-state index contributed by atoms with van der Waals surface area (Å²) in [5.74, 6) is -0.291. The summed E-state index contributed by atoms with van der Waals surface area (Å²) in [5, 5.41) is 9.69. The lowest BCUT2D eigenvalue weighted by molar-refractivity contribution is 0.0977. The van der Waals surface area contributed by atoms with Gasteiger partial charge in [0.1, 0.15) is 0 Å². The Bertz CT molecular complexity index is 626. The minimum absolute atomic E-state index is 0.243. The van der Waals surface area contributed by atoms with E-state index in [1.165, 1.54) is 6.20 Å². The van der Waals surface area contributed by atoms with Crippen molar-refractivity contribution in [1.82, 2.24) is 15.1 Å². The Kier molecular flexibility index (Phi) is 4.28. The lowest BCUT2D eigenvalue weighted by Gasteiger charge is -2.08. The molecular weight excluding hydrogens is 328 g/mol. The molecule has 2 aromatic rings. The van der Waals surface area contributed by atoms with Crippen molar-refractivity contribution < 1.29 is 4.79 Å². The zero-order valence-corrected chi connectivity index (χ0v) is 12.5. The standard InChI is InChI=1S/C12H11BrN4OS/c1-17-7-8(6-14-17)11(18)16-12(19)15-10-4-2-3-9(13)5-10/h2-7H,1H3,(H2,15,16,18,19). The largest absolute Gasteiger partial charge is 0.332 e. The fourth-order valence-electron chi connectivity index (χ4n) is 1.44. The van der Waals surface area contributed by atoms with Crippen LogP contribution in [0.15, 0.2) is 41.1 Å². The molecule has 2 N–H and O–H groups in total. The highest BCUT2D eigenvalue weighted by Crippen LogP contribution is 2.15. The molecule has 5 nitrogen and oxygen atoms in total. The number of hydrogen-bond donors (Lipinski definition) is 2. The van der Waals surface area contributed by atoms with Crippen molar-refractivity contribution in [3.8, 4) is 0 Å². The lowest BCUT2D eigenvalue weighted by Crippen LogP contribution is -2.33. The molecule has 0 spiro atoms. The predicted molar refractivity (Wildman–Crippen MR) is 81.0 cm³/mol. The number of amides is 1. The molecule has 0 saturated heterocycles.